The first-order valence-corrected chi connectivity index (χ1v) is 7.02. The Kier molecular flexibility index (Phi) is 1.83. The molecule has 142 valence electrons. The van der Waals surface area contributed by atoms with Crippen molar-refractivity contribution in [1.29, 1.82) is 0 Å². The number of nitrogens with two attached hydrogens (primary N) is 2. The predicted octanol–water partition coefficient (Wildman–Crippen LogP) is 2.74. The highest BCUT2D eigenvalue weighted by atomic mass is 16.5. The first kappa shape index (κ1) is 6.63. The first-order chi connectivity index (χ1) is 19.6. The molecule has 3 aromatic rings. The van der Waals surface area contributed by atoms with E-state index < -0.39 is 109 Å². The average molecular weight is 387 g/mol. The van der Waals surface area contributed by atoms with Crippen molar-refractivity contribution in [1.82, 2.24) is 9.97 Å². The van der Waals surface area contributed by atoms with Crippen LogP contribution in [0.25, 0.3) is 10.9 Å². The molecule has 5 N–H and O–H groups in total. The van der Waals surface area contributed by atoms with Crippen molar-refractivity contribution in [2.75, 3.05) is 37.9 Å². The Bertz CT molecular complexity index is 1600. The maximum atomic E-state index is 8.73. The fourth-order valence-electron chi connectivity index (χ4n) is 2.20. The van der Waals surface area contributed by atoms with E-state index in [1.807, 2.05) is 0 Å². The molecule has 0 fully saturated rings. The summed E-state index contributed by atoms with van der Waals surface area (Å²) < 4.78 is 148. The quantitative estimate of drug-likeness (QED) is 0.592. The fraction of sp³-hybridized carbons (Fsp3) is 0.263. The molecule has 8 heteroatoms. The van der Waals surface area contributed by atoms with Crippen molar-refractivity contribution >= 4 is 28.4 Å². The van der Waals surface area contributed by atoms with Crippen LogP contribution in [0.5, 0.6) is 17.2 Å². The number of benzene rings is 2. The number of hydrogen-bond acceptors (Lipinski definition) is 8. The highest BCUT2D eigenvalue weighted by molar-refractivity contribution is 5.92. The Labute approximate surface area is 181 Å². The number of anilines is 3. The molecule has 0 saturated carbocycles. The zero-order chi connectivity index (χ0) is 34.0. The molecule has 0 saturated heterocycles. The predicted molar refractivity (Wildman–Crippen MR) is 107 cm³/mol. The lowest BCUT2D eigenvalue weighted by molar-refractivity contribution is 0.324. The third-order valence-electron chi connectivity index (χ3n) is 3.35. The number of nitrogens with one attached hydrogen (secondary N) is 1. The van der Waals surface area contributed by atoms with Gasteiger partial charge in [-0.15, -0.1) is 0 Å². The monoisotopic (exact) mass is 386 g/mol. The van der Waals surface area contributed by atoms with Gasteiger partial charge in [-0.25, -0.2) is 4.98 Å². The number of fused-ring (bicyclic) bond motifs is 1. The van der Waals surface area contributed by atoms with Gasteiger partial charge in [0.25, 0.3) is 0 Å². The number of nitrogen functional groups attached to an aromatic ring is 2. The van der Waals surface area contributed by atoms with E-state index in [1.54, 1.807) is 0 Å². The summed E-state index contributed by atoms with van der Waals surface area (Å²) in [5.74, 6) is -4.42. The molecule has 2 aromatic carbocycles. The van der Waals surface area contributed by atoms with Gasteiger partial charge in [0, 0.05) is 33.8 Å². The Morgan fingerprint density at radius 3 is 2.74 bits per heavy atom. The molecule has 0 amide bonds. The molecule has 0 atom stereocenters. The molecule has 0 aliphatic carbocycles. The minimum absolute atomic E-state index is 0.463. The van der Waals surface area contributed by atoms with E-state index in [0.717, 1.165) is 0 Å². The van der Waals surface area contributed by atoms with Crippen molar-refractivity contribution < 1.29 is 37.5 Å². The van der Waals surface area contributed by atoms with E-state index in [4.69, 9.17) is 49.0 Å². The van der Waals surface area contributed by atoms with Crippen LogP contribution in [-0.2, 0) is 6.50 Å². The Balaban J connectivity index is 2.42. The van der Waals surface area contributed by atoms with Crippen molar-refractivity contribution in [3.63, 3.8) is 0 Å². The van der Waals surface area contributed by atoms with Gasteiger partial charge in [0.2, 0.25) is 11.7 Å². The Morgan fingerprint density at radius 2 is 1.96 bits per heavy atom. The van der Waals surface area contributed by atoms with Crippen LogP contribution in [0.2, 0.25) is 0 Å². The Morgan fingerprint density at radius 1 is 1.15 bits per heavy atom. The molecule has 0 unspecified atom stereocenters. The minimum Gasteiger partial charge on any atom is -0.493 e. The van der Waals surface area contributed by atoms with Crippen LogP contribution in [-0.4, -0.2) is 31.1 Å². The average Bonchev–Trinajstić information content (AvgIpc) is 2.78. The number of hydrogen-bond donors (Lipinski definition) is 3. The van der Waals surface area contributed by atoms with Gasteiger partial charge in [-0.2, -0.15) is 4.98 Å². The molecule has 8 nitrogen and oxygen atoms in total. The summed E-state index contributed by atoms with van der Waals surface area (Å²) in [6.07, 6.45) is 0. The largest absolute Gasteiger partial charge is 0.493 e. The van der Waals surface area contributed by atoms with E-state index >= 15 is 0 Å². The highest BCUT2D eigenvalue weighted by Crippen LogP contribution is 2.40. The molecular formula is C19H23N5O3. The molecule has 1 aromatic heterocycles. The van der Waals surface area contributed by atoms with Crippen LogP contribution < -0.4 is 31.0 Å². The lowest BCUT2D eigenvalue weighted by Crippen LogP contribution is -2.06. The normalized spacial score (nSPS) is 22.3. The van der Waals surface area contributed by atoms with Crippen LogP contribution in [0.1, 0.15) is 34.4 Å². The molecule has 0 aliphatic heterocycles. The van der Waals surface area contributed by atoms with Crippen LogP contribution in [0.15, 0.2) is 24.2 Å². The van der Waals surface area contributed by atoms with Crippen molar-refractivity contribution in [3.05, 3.63) is 35.3 Å². The van der Waals surface area contributed by atoms with Gasteiger partial charge in [0.15, 0.2) is 11.5 Å². The second-order valence-corrected chi connectivity index (χ2v) is 4.95. The summed E-state index contributed by atoms with van der Waals surface area (Å²) in [5.41, 5.74) is 8.23. The van der Waals surface area contributed by atoms with Crippen LogP contribution in [0.4, 0.5) is 17.5 Å². The number of ether oxygens (including phenoxy) is 3. The van der Waals surface area contributed by atoms with Gasteiger partial charge < -0.3 is 31.0 Å². The van der Waals surface area contributed by atoms with Gasteiger partial charge >= 0.3 is 0 Å². The summed E-state index contributed by atoms with van der Waals surface area (Å²) >= 11 is 0. The van der Waals surface area contributed by atoms with E-state index in [-0.39, 0.29) is 0 Å². The second kappa shape index (κ2) is 7.45. The van der Waals surface area contributed by atoms with Gasteiger partial charge in [-0.1, -0.05) is 6.04 Å². The van der Waals surface area contributed by atoms with E-state index in [1.165, 1.54) is 0 Å². The zero-order valence-electron chi connectivity index (χ0n) is 30.4. The first-order valence-electron chi connectivity index (χ1n) is 15.5. The van der Waals surface area contributed by atoms with E-state index in [2.05, 4.69) is 15.3 Å². The lowest BCUT2D eigenvalue weighted by atomic mass is 10.0. The molecule has 0 bridgehead atoms. The maximum Gasteiger partial charge on any atom is 0.222 e. The van der Waals surface area contributed by atoms with Crippen molar-refractivity contribution in [3.8, 4) is 17.2 Å². The lowest BCUT2D eigenvalue weighted by Gasteiger charge is -2.16. The molecule has 27 heavy (non-hydrogen) atoms. The topological polar surface area (TPSA) is 118 Å². The van der Waals surface area contributed by atoms with Crippen molar-refractivity contribution in [2.24, 2.45) is 0 Å². The van der Waals surface area contributed by atoms with Gasteiger partial charge in [-0.05, 0) is 24.0 Å². The standard InChI is InChI=1S/C19H23N5O3/c1-10-11(5-6-13-16(10)18(20)24-19(21)23-13)9-22-12-7-14(25-2)17(27-4)15(8-12)26-3/h5-8,22H,9H2,1-4H3,(H4,20,21,23,24)/i1D3,2D3,3D3,4D3,5D,6D,7D,9D2. The summed E-state index contributed by atoms with van der Waals surface area (Å²) in [6.45, 7) is -6.48. The number of aryl methyl sites for hydroxylation is 1. The van der Waals surface area contributed by atoms with Crippen LogP contribution in [0, 0.1) is 6.85 Å². The number of rotatable bonds is 6. The molecule has 0 spiro atoms. The number of aromatic nitrogens is 2. The fourth-order valence-corrected chi connectivity index (χ4v) is 2.20. The maximum absolute atomic E-state index is 8.73. The number of methoxy groups -OCH3 is 3. The molecule has 0 radical (unpaired) electrons. The van der Waals surface area contributed by atoms with E-state index in [0.29, 0.717) is 6.07 Å². The minimum atomic E-state index is -3.39. The van der Waals surface area contributed by atoms with Gasteiger partial charge in [0.1, 0.15) is 5.82 Å². The molecule has 1 heterocycles. The van der Waals surface area contributed by atoms with E-state index in [9.17, 15) is 0 Å². The van der Waals surface area contributed by atoms with Gasteiger partial charge in [-0.3, -0.25) is 0 Å². The summed E-state index contributed by atoms with van der Waals surface area (Å²) in [5, 5.41) is 1.56. The summed E-state index contributed by atoms with van der Waals surface area (Å²) in [4.78, 5) is 7.46. The summed E-state index contributed by atoms with van der Waals surface area (Å²) in [7, 11) is -10.1. The zero-order valence-corrected chi connectivity index (χ0v) is 13.4. The second-order valence-electron chi connectivity index (χ2n) is 4.95. The number of nitrogens with zero attached hydrogens (tertiary/aromatic N) is 2. The molecular weight excluding hydrogens is 346 g/mol. The molecule has 0 aliphatic rings. The third kappa shape index (κ3) is 3.46. The van der Waals surface area contributed by atoms with Crippen LogP contribution in [0.3, 0.4) is 0 Å². The smallest absolute Gasteiger partial charge is 0.222 e. The Hall–Kier alpha value is -3.42. The third-order valence-corrected chi connectivity index (χ3v) is 3.35. The van der Waals surface area contributed by atoms with Crippen LogP contribution >= 0.6 is 0 Å². The van der Waals surface area contributed by atoms with Gasteiger partial charge in [0.05, 0.1) is 45.8 Å². The van der Waals surface area contributed by atoms with Crippen molar-refractivity contribution in [2.45, 2.75) is 13.3 Å². The molecule has 3 rings (SSSR count). The highest BCUT2D eigenvalue weighted by Gasteiger charge is 2.14. The SMILES string of the molecule is [2H]c1c(NC([2H])([2H])c2c([2H])c([2H])c3nc(N)nc(N)c3c2C([2H])([2H])[2H])cc(OC([2H])([2H])[2H])c(OC([2H])([2H])[2H])c1OC([2H])([2H])[2H]. The summed E-state index contributed by atoms with van der Waals surface area (Å²) in [6, 6.07) is -2.35.